The van der Waals surface area contributed by atoms with Crippen molar-refractivity contribution in [1.82, 2.24) is 10.3 Å². The van der Waals surface area contributed by atoms with Crippen LogP contribution in [0.5, 0.6) is 0 Å². The number of aliphatic hydroxyl groups is 1. The maximum absolute atomic E-state index is 11.7. The monoisotopic (exact) mass is 258 g/mol. The predicted octanol–water partition coefficient (Wildman–Crippen LogP) is 0.862. The lowest BCUT2D eigenvalue weighted by molar-refractivity contribution is 0.0587. The Labute approximate surface area is 105 Å². The minimum absolute atomic E-state index is 0.256. The highest BCUT2D eigenvalue weighted by atomic mass is 35.5. The number of halogens is 1. The minimum atomic E-state index is -0.576. The molecule has 0 radical (unpaired) electrons. The zero-order chi connectivity index (χ0) is 12.7. The average molecular weight is 259 g/mol. The third-order valence-electron chi connectivity index (χ3n) is 2.14. The number of aliphatic hydroxyl groups excluding tert-OH is 1. The molecule has 0 spiro atoms. The predicted molar refractivity (Wildman–Crippen MR) is 64.1 cm³/mol. The van der Waals surface area contributed by atoms with Crippen molar-refractivity contribution in [3.05, 3.63) is 29.0 Å². The number of pyridine rings is 1. The molecule has 0 aliphatic carbocycles. The SMILES string of the molecule is COCC(O)CCNC(=O)c1ccncc1Cl. The number of methoxy groups -OCH3 is 1. The number of rotatable bonds is 6. The summed E-state index contributed by atoms with van der Waals surface area (Å²) < 4.78 is 4.77. The van der Waals surface area contributed by atoms with Crippen molar-refractivity contribution in [2.45, 2.75) is 12.5 Å². The summed E-state index contributed by atoms with van der Waals surface area (Å²) in [6.07, 6.45) is 2.77. The lowest BCUT2D eigenvalue weighted by Gasteiger charge is -2.10. The number of carbonyl (C=O) groups excluding carboxylic acids is 1. The first-order valence-corrected chi connectivity index (χ1v) is 5.57. The molecule has 0 aromatic carbocycles. The summed E-state index contributed by atoms with van der Waals surface area (Å²) in [5.41, 5.74) is 0.378. The quantitative estimate of drug-likeness (QED) is 0.794. The summed E-state index contributed by atoms with van der Waals surface area (Å²) in [5.74, 6) is -0.276. The zero-order valence-corrected chi connectivity index (χ0v) is 10.3. The van der Waals surface area contributed by atoms with Crippen LogP contribution in [0, 0.1) is 0 Å². The van der Waals surface area contributed by atoms with Crippen LogP contribution < -0.4 is 5.32 Å². The molecule has 1 aromatic heterocycles. The van der Waals surface area contributed by atoms with Crippen molar-refractivity contribution in [2.24, 2.45) is 0 Å². The molecule has 0 saturated heterocycles. The molecule has 0 bridgehead atoms. The van der Waals surface area contributed by atoms with E-state index in [9.17, 15) is 9.90 Å². The van der Waals surface area contributed by atoms with E-state index in [-0.39, 0.29) is 12.5 Å². The van der Waals surface area contributed by atoms with Gasteiger partial charge in [-0.2, -0.15) is 0 Å². The van der Waals surface area contributed by atoms with E-state index in [1.807, 2.05) is 0 Å². The maximum atomic E-state index is 11.7. The number of nitrogens with one attached hydrogen (secondary N) is 1. The Kier molecular flexibility index (Phi) is 5.90. The van der Waals surface area contributed by atoms with E-state index in [2.05, 4.69) is 10.3 Å². The number of carbonyl (C=O) groups is 1. The fraction of sp³-hybridized carbons (Fsp3) is 0.455. The highest BCUT2D eigenvalue weighted by molar-refractivity contribution is 6.33. The van der Waals surface area contributed by atoms with Crippen molar-refractivity contribution in [3.63, 3.8) is 0 Å². The Hall–Kier alpha value is -1.17. The number of hydrogen-bond donors (Lipinski definition) is 2. The molecule has 5 nitrogen and oxygen atoms in total. The van der Waals surface area contributed by atoms with E-state index in [0.717, 1.165) is 0 Å². The van der Waals surface area contributed by atoms with E-state index in [1.54, 1.807) is 6.07 Å². The van der Waals surface area contributed by atoms with Gasteiger partial charge < -0.3 is 15.2 Å². The van der Waals surface area contributed by atoms with Gasteiger partial charge in [-0.05, 0) is 12.5 Å². The summed E-state index contributed by atoms with van der Waals surface area (Å²) in [7, 11) is 1.51. The van der Waals surface area contributed by atoms with Crippen LogP contribution in [0.4, 0.5) is 0 Å². The standard InChI is InChI=1S/C11H15ClN2O3/c1-17-7-8(15)2-5-14-11(16)9-3-4-13-6-10(9)12/h3-4,6,8,15H,2,5,7H2,1H3,(H,14,16). The second kappa shape index (κ2) is 7.21. The normalized spacial score (nSPS) is 12.2. The molecule has 1 rings (SSSR count). The Bertz CT molecular complexity index is 373. The van der Waals surface area contributed by atoms with Gasteiger partial charge in [0, 0.05) is 26.0 Å². The smallest absolute Gasteiger partial charge is 0.252 e. The van der Waals surface area contributed by atoms with Crippen LogP contribution in [-0.2, 0) is 4.74 Å². The molecule has 1 amide bonds. The van der Waals surface area contributed by atoms with E-state index >= 15 is 0 Å². The molecule has 0 aliphatic rings. The van der Waals surface area contributed by atoms with Gasteiger partial charge in [0.2, 0.25) is 0 Å². The summed E-state index contributed by atoms with van der Waals surface area (Å²) in [5, 5.41) is 12.3. The third kappa shape index (κ3) is 4.68. The lowest BCUT2D eigenvalue weighted by Crippen LogP contribution is -2.28. The molecule has 1 atom stereocenters. The van der Waals surface area contributed by atoms with Crippen LogP contribution in [0.3, 0.4) is 0 Å². The summed E-state index contributed by atoms with van der Waals surface area (Å²) >= 11 is 5.82. The number of nitrogens with zero attached hydrogens (tertiary/aromatic N) is 1. The van der Waals surface area contributed by atoms with Crippen molar-refractivity contribution >= 4 is 17.5 Å². The van der Waals surface area contributed by atoms with Gasteiger partial charge in [0.15, 0.2) is 0 Å². The molecule has 0 fully saturated rings. The van der Waals surface area contributed by atoms with Gasteiger partial charge >= 0.3 is 0 Å². The highest BCUT2D eigenvalue weighted by Crippen LogP contribution is 2.12. The Balaban J connectivity index is 2.38. The first-order valence-electron chi connectivity index (χ1n) is 5.20. The second-order valence-electron chi connectivity index (χ2n) is 3.51. The van der Waals surface area contributed by atoms with Crippen LogP contribution >= 0.6 is 11.6 Å². The van der Waals surface area contributed by atoms with Gasteiger partial charge in [-0.1, -0.05) is 11.6 Å². The molecule has 0 saturated carbocycles. The van der Waals surface area contributed by atoms with E-state index in [0.29, 0.717) is 23.6 Å². The van der Waals surface area contributed by atoms with Crippen LogP contribution in [0.15, 0.2) is 18.5 Å². The number of aromatic nitrogens is 1. The topological polar surface area (TPSA) is 71.5 Å². The van der Waals surface area contributed by atoms with Crippen LogP contribution in [0.2, 0.25) is 5.02 Å². The summed E-state index contributed by atoms with van der Waals surface area (Å²) in [4.78, 5) is 15.5. The summed E-state index contributed by atoms with van der Waals surface area (Å²) in [6.45, 7) is 0.619. The van der Waals surface area contributed by atoms with Crippen LogP contribution in [0.1, 0.15) is 16.8 Å². The van der Waals surface area contributed by atoms with Gasteiger partial charge in [0.25, 0.3) is 5.91 Å². The van der Waals surface area contributed by atoms with Gasteiger partial charge in [0.1, 0.15) is 0 Å². The average Bonchev–Trinajstić information content (AvgIpc) is 2.29. The molecular formula is C11H15ClN2O3. The third-order valence-corrected chi connectivity index (χ3v) is 2.44. The molecule has 2 N–H and O–H groups in total. The molecule has 94 valence electrons. The first-order chi connectivity index (χ1) is 8.15. The number of ether oxygens (including phenoxy) is 1. The molecule has 6 heteroatoms. The Morgan fingerprint density at radius 2 is 2.47 bits per heavy atom. The lowest BCUT2D eigenvalue weighted by atomic mass is 10.2. The van der Waals surface area contributed by atoms with Crippen molar-refractivity contribution in [2.75, 3.05) is 20.3 Å². The fourth-order valence-electron chi connectivity index (χ4n) is 1.28. The van der Waals surface area contributed by atoms with Gasteiger partial charge in [-0.15, -0.1) is 0 Å². The van der Waals surface area contributed by atoms with Gasteiger partial charge in [0.05, 0.1) is 23.3 Å². The summed E-state index contributed by atoms with van der Waals surface area (Å²) in [6, 6.07) is 1.54. The first kappa shape index (κ1) is 13.9. The minimum Gasteiger partial charge on any atom is -0.391 e. The van der Waals surface area contributed by atoms with E-state index < -0.39 is 6.10 Å². The molecule has 1 unspecified atom stereocenters. The van der Waals surface area contributed by atoms with Crippen LogP contribution in [0.25, 0.3) is 0 Å². The number of amides is 1. The molecule has 0 aliphatic heterocycles. The second-order valence-corrected chi connectivity index (χ2v) is 3.92. The number of hydrogen-bond acceptors (Lipinski definition) is 4. The van der Waals surface area contributed by atoms with E-state index in [4.69, 9.17) is 16.3 Å². The highest BCUT2D eigenvalue weighted by Gasteiger charge is 2.10. The van der Waals surface area contributed by atoms with E-state index in [1.165, 1.54) is 19.5 Å². The van der Waals surface area contributed by atoms with Crippen LogP contribution in [-0.4, -0.2) is 42.4 Å². The zero-order valence-electron chi connectivity index (χ0n) is 9.52. The Morgan fingerprint density at radius 1 is 1.71 bits per heavy atom. The van der Waals surface area contributed by atoms with Gasteiger partial charge in [-0.25, -0.2) is 0 Å². The maximum Gasteiger partial charge on any atom is 0.252 e. The van der Waals surface area contributed by atoms with Crippen molar-refractivity contribution < 1.29 is 14.6 Å². The van der Waals surface area contributed by atoms with Gasteiger partial charge in [-0.3, -0.25) is 9.78 Å². The molecule has 1 aromatic rings. The largest absolute Gasteiger partial charge is 0.391 e. The van der Waals surface area contributed by atoms with Crippen molar-refractivity contribution in [1.29, 1.82) is 0 Å². The fourth-order valence-corrected chi connectivity index (χ4v) is 1.49. The molecule has 1 heterocycles. The molecule has 17 heavy (non-hydrogen) atoms. The van der Waals surface area contributed by atoms with Crippen molar-refractivity contribution in [3.8, 4) is 0 Å². The Morgan fingerprint density at radius 3 is 3.12 bits per heavy atom. The molecular weight excluding hydrogens is 244 g/mol.